The Labute approximate surface area is 233 Å². The topological polar surface area (TPSA) is 125 Å². The van der Waals surface area contributed by atoms with Gasteiger partial charge in [-0.1, -0.05) is 0 Å². The lowest BCUT2D eigenvalue weighted by Gasteiger charge is -2.14. The molecule has 0 spiro atoms. The Morgan fingerprint density at radius 3 is 2.45 bits per heavy atom. The van der Waals surface area contributed by atoms with Gasteiger partial charge in [-0.2, -0.15) is 32.3 Å². The second-order valence-electron chi connectivity index (χ2n) is 9.13. The molecule has 1 amide bonds. The van der Waals surface area contributed by atoms with Crippen LogP contribution in [0.5, 0.6) is 11.6 Å². The van der Waals surface area contributed by atoms with Crippen molar-refractivity contribution in [1.82, 2.24) is 29.8 Å². The number of hydrazone groups is 1. The van der Waals surface area contributed by atoms with Crippen LogP contribution in [0, 0.1) is 11.6 Å². The van der Waals surface area contributed by atoms with Crippen LogP contribution in [0.4, 0.5) is 22.0 Å². The second kappa shape index (κ2) is 11.5. The van der Waals surface area contributed by atoms with Gasteiger partial charge >= 0.3 is 6.18 Å². The number of halogens is 5. The van der Waals surface area contributed by atoms with Crippen molar-refractivity contribution in [3.05, 3.63) is 69.8 Å². The number of nitrogens with one attached hydrogen (secondary N) is 1. The third-order valence-corrected chi connectivity index (χ3v) is 6.34. The molecule has 42 heavy (non-hydrogen) atoms. The second-order valence-corrected chi connectivity index (χ2v) is 9.13. The lowest BCUT2D eigenvalue weighted by atomic mass is 10.0. The number of hydrogen-bond donors (Lipinski definition) is 1. The smallest absolute Gasteiger partial charge is 0.453 e. The number of hydrogen-bond acceptors (Lipinski definition) is 8. The van der Waals surface area contributed by atoms with Crippen molar-refractivity contribution < 1.29 is 36.2 Å². The molecule has 4 aromatic rings. The fraction of sp³-hybridized carbons (Fsp3) is 0.308. The molecule has 4 heterocycles. The summed E-state index contributed by atoms with van der Waals surface area (Å²) in [6.07, 6.45) is -3.80. The van der Waals surface area contributed by atoms with Gasteiger partial charge in [0, 0.05) is 42.6 Å². The molecule has 1 aromatic carbocycles. The summed E-state index contributed by atoms with van der Waals surface area (Å²) in [7, 11) is 1.28. The molecule has 0 saturated heterocycles. The van der Waals surface area contributed by atoms with Crippen molar-refractivity contribution in [1.29, 1.82) is 0 Å². The van der Waals surface area contributed by atoms with Gasteiger partial charge in [-0.3, -0.25) is 9.59 Å². The summed E-state index contributed by atoms with van der Waals surface area (Å²) in [5, 5.41) is 11.5. The van der Waals surface area contributed by atoms with Gasteiger partial charge in [0.15, 0.2) is 17.2 Å². The number of ether oxygens (including phenoxy) is 2. The van der Waals surface area contributed by atoms with Crippen molar-refractivity contribution in [2.75, 3.05) is 13.7 Å². The molecule has 1 N–H and O–H groups in total. The Kier molecular flexibility index (Phi) is 7.87. The maximum Gasteiger partial charge on any atom is 0.453 e. The number of amides is 1. The van der Waals surface area contributed by atoms with Gasteiger partial charge in [0.05, 0.1) is 25.1 Å². The summed E-state index contributed by atoms with van der Waals surface area (Å²) in [6.45, 7) is 0.116. The summed E-state index contributed by atoms with van der Waals surface area (Å²) >= 11 is 0. The Morgan fingerprint density at radius 2 is 1.74 bits per heavy atom. The summed E-state index contributed by atoms with van der Waals surface area (Å²) in [5.41, 5.74) is 2.15. The van der Waals surface area contributed by atoms with Crippen LogP contribution >= 0.6 is 0 Å². The van der Waals surface area contributed by atoms with E-state index in [4.69, 9.17) is 9.47 Å². The molecule has 5 rings (SSSR count). The molecule has 0 fully saturated rings. The highest BCUT2D eigenvalue weighted by atomic mass is 19.4. The van der Waals surface area contributed by atoms with Gasteiger partial charge in [-0.05, 0) is 37.1 Å². The van der Waals surface area contributed by atoms with Crippen LogP contribution in [0.2, 0.25) is 0 Å². The Morgan fingerprint density at radius 1 is 0.952 bits per heavy atom. The third-order valence-electron chi connectivity index (χ3n) is 6.34. The molecule has 16 heteroatoms. The standard InChI is InChI=1S/C26H22F5N7O4/c1-41-21-11-5-15(24-32-25(26(29,30)31)36-38(21)24)17-7-10-20(40)37(35-17)12-2-3-13-42-18-8-4-14(22(27)23(18)28)16-6-9-19(39)34-33-16/h4-5,7-8,10-11H,2-3,6,9,12-13H2,1H3,(H,34,39). The number of fused-ring (bicyclic) bond motifs is 1. The van der Waals surface area contributed by atoms with Crippen LogP contribution < -0.4 is 20.5 Å². The largest absolute Gasteiger partial charge is 0.490 e. The number of carbonyl (C=O) groups excluding carboxylic acids is 1. The summed E-state index contributed by atoms with van der Waals surface area (Å²) in [6, 6.07) is 8.04. The van der Waals surface area contributed by atoms with E-state index < -0.39 is 29.2 Å². The van der Waals surface area contributed by atoms with Crippen molar-refractivity contribution >= 4 is 17.3 Å². The summed E-state index contributed by atoms with van der Waals surface area (Å²) in [5.74, 6) is -4.28. The minimum Gasteiger partial charge on any atom is -0.490 e. The predicted molar refractivity (Wildman–Crippen MR) is 137 cm³/mol. The summed E-state index contributed by atoms with van der Waals surface area (Å²) in [4.78, 5) is 27.2. The number of carbonyl (C=O) groups is 1. The normalized spacial score (nSPS) is 13.7. The molecule has 11 nitrogen and oxygen atoms in total. The van der Waals surface area contributed by atoms with E-state index in [0.717, 1.165) is 9.20 Å². The van der Waals surface area contributed by atoms with Crippen molar-refractivity contribution in [3.63, 3.8) is 0 Å². The molecule has 0 atom stereocenters. The zero-order valence-electron chi connectivity index (χ0n) is 21.9. The van der Waals surface area contributed by atoms with Crippen molar-refractivity contribution in [2.24, 2.45) is 5.10 Å². The van der Waals surface area contributed by atoms with Crippen LogP contribution in [0.1, 0.15) is 37.1 Å². The predicted octanol–water partition coefficient (Wildman–Crippen LogP) is 3.73. The molecule has 0 radical (unpaired) electrons. The SMILES string of the molecule is COc1ccc(-c2ccc(=O)n(CCCCOc3ccc(C4=NNC(=O)CC4)c(F)c3F)n2)c2nc(C(F)(F)F)nn12. The van der Waals surface area contributed by atoms with Gasteiger partial charge in [0.25, 0.3) is 11.4 Å². The molecule has 1 aliphatic heterocycles. The fourth-order valence-corrected chi connectivity index (χ4v) is 4.25. The van der Waals surface area contributed by atoms with Gasteiger partial charge < -0.3 is 9.47 Å². The number of aromatic nitrogens is 5. The molecule has 0 bridgehead atoms. The van der Waals surface area contributed by atoms with Gasteiger partial charge in [-0.25, -0.2) is 19.5 Å². The Balaban J connectivity index is 1.25. The van der Waals surface area contributed by atoms with E-state index in [0.29, 0.717) is 12.8 Å². The number of benzene rings is 1. The minimum atomic E-state index is -4.79. The molecule has 220 valence electrons. The molecule has 3 aromatic heterocycles. The highest BCUT2D eigenvalue weighted by molar-refractivity contribution is 6.04. The van der Waals surface area contributed by atoms with Crippen LogP contribution in [0.15, 0.2) is 46.3 Å². The number of rotatable bonds is 9. The number of aryl methyl sites for hydroxylation is 1. The van der Waals surface area contributed by atoms with E-state index in [9.17, 15) is 31.5 Å². The molecular formula is C26H22F5N7O4. The van der Waals surface area contributed by atoms with Gasteiger partial charge in [0.2, 0.25) is 17.6 Å². The third kappa shape index (κ3) is 5.77. The van der Waals surface area contributed by atoms with E-state index >= 15 is 0 Å². The highest BCUT2D eigenvalue weighted by Crippen LogP contribution is 2.31. The van der Waals surface area contributed by atoms with Gasteiger partial charge in [-0.15, -0.1) is 5.10 Å². The average molecular weight is 591 g/mol. The monoisotopic (exact) mass is 591 g/mol. The van der Waals surface area contributed by atoms with Crippen LogP contribution in [0.25, 0.3) is 16.9 Å². The lowest BCUT2D eigenvalue weighted by molar-refractivity contribution is -0.144. The first-order valence-corrected chi connectivity index (χ1v) is 12.6. The Hall–Kier alpha value is -4.89. The quantitative estimate of drug-likeness (QED) is 0.232. The van der Waals surface area contributed by atoms with Crippen molar-refractivity contribution in [2.45, 2.75) is 38.4 Å². The van der Waals surface area contributed by atoms with Gasteiger partial charge in [0.1, 0.15) is 0 Å². The minimum absolute atomic E-state index is 0.000216. The fourth-order valence-electron chi connectivity index (χ4n) is 4.25. The molecule has 0 unspecified atom stereocenters. The van der Waals surface area contributed by atoms with E-state index in [1.165, 1.54) is 43.5 Å². The van der Waals surface area contributed by atoms with E-state index in [1.807, 2.05) is 0 Å². The first kappa shape index (κ1) is 28.6. The zero-order valence-corrected chi connectivity index (χ0v) is 21.9. The maximum absolute atomic E-state index is 14.6. The average Bonchev–Trinajstić information content (AvgIpc) is 3.43. The Bertz CT molecular complexity index is 1750. The van der Waals surface area contributed by atoms with E-state index in [1.54, 1.807) is 0 Å². The number of nitrogens with zero attached hydrogens (tertiary/aromatic N) is 6. The van der Waals surface area contributed by atoms with E-state index in [-0.39, 0.29) is 71.7 Å². The van der Waals surface area contributed by atoms with Crippen LogP contribution in [0.3, 0.4) is 0 Å². The molecule has 0 saturated carbocycles. The first-order chi connectivity index (χ1) is 20.1. The molecule has 1 aliphatic rings. The number of alkyl halides is 3. The number of unbranched alkanes of at least 4 members (excludes halogenated alkanes) is 1. The van der Waals surface area contributed by atoms with Crippen LogP contribution in [-0.2, 0) is 17.5 Å². The number of pyridine rings is 1. The summed E-state index contributed by atoms with van der Waals surface area (Å²) < 4.78 is 81.5. The first-order valence-electron chi connectivity index (χ1n) is 12.6. The van der Waals surface area contributed by atoms with E-state index in [2.05, 4.69) is 25.7 Å². The molecular weight excluding hydrogens is 569 g/mol. The highest BCUT2D eigenvalue weighted by Gasteiger charge is 2.37. The zero-order chi connectivity index (χ0) is 30.0. The van der Waals surface area contributed by atoms with Crippen molar-refractivity contribution in [3.8, 4) is 22.9 Å². The lowest BCUT2D eigenvalue weighted by Crippen LogP contribution is -2.26. The van der Waals surface area contributed by atoms with Crippen LogP contribution in [-0.4, -0.2) is 49.7 Å². The maximum atomic E-state index is 14.6. The molecule has 0 aliphatic carbocycles. The number of methoxy groups -OCH3 is 1.